The fourth-order valence-electron chi connectivity index (χ4n) is 2.92. The van der Waals surface area contributed by atoms with E-state index in [1.165, 1.54) is 16.7 Å². The summed E-state index contributed by atoms with van der Waals surface area (Å²) < 4.78 is 5.61. The Morgan fingerprint density at radius 1 is 0.923 bits per heavy atom. The summed E-state index contributed by atoms with van der Waals surface area (Å²) in [6, 6.07) is 7.49. The molecule has 0 aromatic heterocycles. The highest BCUT2D eigenvalue weighted by Gasteiger charge is 2.38. The van der Waals surface area contributed by atoms with Crippen molar-refractivity contribution in [1.82, 2.24) is 4.90 Å². The molecule has 1 aliphatic rings. The van der Waals surface area contributed by atoms with Gasteiger partial charge < -0.3 is 4.74 Å². The molecule has 1 aliphatic heterocycles. The quantitative estimate of drug-likeness (QED) is 0.408. The van der Waals surface area contributed by atoms with Gasteiger partial charge in [-0.05, 0) is 36.3 Å². The third-order valence-electron chi connectivity index (χ3n) is 4.27. The number of amides is 2. The number of imide groups is 1. The highest BCUT2D eigenvalue weighted by atomic mass is 32.2. The van der Waals surface area contributed by atoms with Crippen LogP contribution in [0.25, 0.3) is 5.57 Å². The van der Waals surface area contributed by atoms with Crippen molar-refractivity contribution in [3.63, 3.8) is 0 Å². The largest absolute Gasteiger partial charge is 0.494 e. The predicted octanol–water partition coefficient (Wildman–Crippen LogP) is 4.89. The van der Waals surface area contributed by atoms with Crippen LogP contribution in [0.1, 0.15) is 58.4 Å². The van der Waals surface area contributed by atoms with E-state index in [-0.39, 0.29) is 11.8 Å². The second-order valence-corrected chi connectivity index (χ2v) is 7.61. The maximum Gasteiger partial charge on any atom is 0.267 e. The lowest BCUT2D eigenvalue weighted by atomic mass is 10.1. The molecular weight excluding hydrogens is 346 g/mol. The van der Waals surface area contributed by atoms with Gasteiger partial charge in [-0.3, -0.25) is 14.5 Å². The third kappa shape index (κ3) is 4.91. The Hall–Kier alpha value is -1.75. The van der Waals surface area contributed by atoms with Crippen LogP contribution >= 0.6 is 11.8 Å². The van der Waals surface area contributed by atoms with Crippen molar-refractivity contribution < 1.29 is 14.3 Å². The lowest BCUT2D eigenvalue weighted by Gasteiger charge is -2.14. The summed E-state index contributed by atoms with van der Waals surface area (Å²) in [6.45, 7) is 7.38. The number of hydrogen-bond donors (Lipinski definition) is 0. The molecule has 0 unspecified atom stereocenters. The molecule has 0 N–H and O–H groups in total. The molecule has 1 aromatic carbocycles. The predicted molar refractivity (Wildman–Crippen MR) is 108 cm³/mol. The van der Waals surface area contributed by atoms with Crippen LogP contribution in [0.4, 0.5) is 0 Å². The molecular formula is C21H29NO3S. The maximum atomic E-state index is 12.9. The second-order valence-electron chi connectivity index (χ2n) is 6.33. The van der Waals surface area contributed by atoms with Crippen molar-refractivity contribution in [3.05, 3.63) is 34.7 Å². The fourth-order valence-corrected chi connectivity index (χ4v) is 3.80. The first-order chi connectivity index (χ1) is 12.6. The lowest BCUT2D eigenvalue weighted by Crippen LogP contribution is -2.32. The first-order valence-corrected chi connectivity index (χ1v) is 10.6. The minimum atomic E-state index is -0.162. The molecule has 1 heterocycles. The number of benzene rings is 1. The van der Waals surface area contributed by atoms with Gasteiger partial charge in [0.05, 0.1) is 17.1 Å². The van der Waals surface area contributed by atoms with Crippen molar-refractivity contribution in [3.8, 4) is 5.75 Å². The van der Waals surface area contributed by atoms with E-state index < -0.39 is 0 Å². The van der Waals surface area contributed by atoms with Crippen molar-refractivity contribution in [2.75, 3.05) is 18.9 Å². The number of nitrogens with zero attached hydrogens (tertiary/aromatic N) is 1. The molecule has 0 fully saturated rings. The Kier molecular flexibility index (Phi) is 8.23. The first-order valence-electron chi connectivity index (χ1n) is 9.60. The average Bonchev–Trinajstić information content (AvgIpc) is 2.88. The Morgan fingerprint density at radius 2 is 1.65 bits per heavy atom. The zero-order valence-electron chi connectivity index (χ0n) is 16.0. The van der Waals surface area contributed by atoms with E-state index in [1.807, 2.05) is 31.2 Å². The van der Waals surface area contributed by atoms with Gasteiger partial charge >= 0.3 is 0 Å². The van der Waals surface area contributed by atoms with Crippen molar-refractivity contribution >= 4 is 29.1 Å². The normalized spacial score (nSPS) is 14.5. The van der Waals surface area contributed by atoms with Crippen LogP contribution in [0.5, 0.6) is 5.75 Å². The van der Waals surface area contributed by atoms with Crippen LogP contribution in [0, 0.1) is 0 Å². The van der Waals surface area contributed by atoms with Gasteiger partial charge in [0.15, 0.2) is 0 Å². The van der Waals surface area contributed by atoms with E-state index >= 15 is 0 Å². The molecule has 1 aromatic rings. The Balaban J connectivity index is 2.19. The molecule has 4 nitrogen and oxygen atoms in total. The number of unbranched alkanes of at least 4 members (excludes halogenated alkanes) is 3. The van der Waals surface area contributed by atoms with E-state index in [9.17, 15) is 9.59 Å². The van der Waals surface area contributed by atoms with Crippen LogP contribution in [0.2, 0.25) is 0 Å². The fraction of sp³-hybridized carbons (Fsp3) is 0.524. The SMILES string of the molecule is CCCCCCN1C(=O)C(SCC)=C(c2ccc(OCCC)cc2)C1=O. The average molecular weight is 376 g/mol. The van der Waals surface area contributed by atoms with E-state index in [4.69, 9.17) is 4.74 Å². The number of ether oxygens (including phenoxy) is 1. The molecule has 0 spiro atoms. The van der Waals surface area contributed by atoms with Gasteiger partial charge in [-0.1, -0.05) is 52.2 Å². The van der Waals surface area contributed by atoms with Gasteiger partial charge in [-0.15, -0.1) is 11.8 Å². The molecule has 0 radical (unpaired) electrons. The van der Waals surface area contributed by atoms with Crippen LogP contribution in [0.3, 0.4) is 0 Å². The van der Waals surface area contributed by atoms with Gasteiger partial charge in [0.1, 0.15) is 5.75 Å². The van der Waals surface area contributed by atoms with Crippen LogP contribution < -0.4 is 4.74 Å². The van der Waals surface area contributed by atoms with Gasteiger partial charge in [0.25, 0.3) is 11.8 Å². The first kappa shape index (κ1) is 20.6. The molecule has 0 bridgehead atoms. The summed E-state index contributed by atoms with van der Waals surface area (Å²) in [4.78, 5) is 27.7. The molecule has 0 saturated carbocycles. The molecule has 2 rings (SSSR count). The molecule has 0 atom stereocenters. The summed E-state index contributed by atoms with van der Waals surface area (Å²) in [6.07, 6.45) is 5.13. The summed E-state index contributed by atoms with van der Waals surface area (Å²) in [5, 5.41) is 0. The minimum Gasteiger partial charge on any atom is -0.494 e. The molecule has 0 aliphatic carbocycles. The van der Waals surface area contributed by atoms with Crippen molar-refractivity contribution in [1.29, 1.82) is 0 Å². The van der Waals surface area contributed by atoms with Gasteiger partial charge in [-0.2, -0.15) is 0 Å². The summed E-state index contributed by atoms with van der Waals surface area (Å²) in [5.41, 5.74) is 1.33. The number of hydrogen-bond acceptors (Lipinski definition) is 4. The smallest absolute Gasteiger partial charge is 0.267 e. The lowest BCUT2D eigenvalue weighted by molar-refractivity contribution is -0.136. The topological polar surface area (TPSA) is 46.6 Å². The standard InChI is InChI=1S/C21H29NO3S/c1-4-7-8-9-14-22-20(23)18(19(21(22)24)26-6-3)16-10-12-17(13-11-16)25-15-5-2/h10-13H,4-9,14-15H2,1-3H3. The monoisotopic (exact) mass is 375 g/mol. The molecule has 5 heteroatoms. The van der Waals surface area contributed by atoms with Crippen LogP contribution in [-0.4, -0.2) is 35.6 Å². The number of rotatable bonds is 11. The maximum absolute atomic E-state index is 12.9. The van der Waals surface area contributed by atoms with Gasteiger partial charge in [0, 0.05) is 6.54 Å². The zero-order valence-corrected chi connectivity index (χ0v) is 16.9. The minimum absolute atomic E-state index is 0.139. The van der Waals surface area contributed by atoms with E-state index in [0.29, 0.717) is 23.6 Å². The number of carbonyl (C=O) groups is 2. The van der Waals surface area contributed by atoms with E-state index in [0.717, 1.165) is 49.2 Å². The number of carbonyl (C=O) groups excluding carboxylic acids is 2. The van der Waals surface area contributed by atoms with Gasteiger partial charge in [-0.25, -0.2) is 0 Å². The molecule has 26 heavy (non-hydrogen) atoms. The van der Waals surface area contributed by atoms with E-state index in [2.05, 4.69) is 13.8 Å². The molecule has 2 amide bonds. The van der Waals surface area contributed by atoms with Crippen molar-refractivity contribution in [2.24, 2.45) is 0 Å². The Morgan fingerprint density at radius 3 is 2.27 bits per heavy atom. The van der Waals surface area contributed by atoms with Crippen molar-refractivity contribution in [2.45, 2.75) is 52.9 Å². The Bertz CT molecular complexity index is 652. The van der Waals surface area contributed by atoms with Crippen LogP contribution in [0.15, 0.2) is 29.2 Å². The highest BCUT2D eigenvalue weighted by molar-refractivity contribution is 8.04. The van der Waals surface area contributed by atoms with Gasteiger partial charge in [0.2, 0.25) is 0 Å². The highest BCUT2D eigenvalue weighted by Crippen LogP contribution is 2.36. The second kappa shape index (κ2) is 10.4. The Labute approximate surface area is 161 Å². The summed E-state index contributed by atoms with van der Waals surface area (Å²) >= 11 is 1.46. The molecule has 142 valence electrons. The molecule has 0 saturated heterocycles. The van der Waals surface area contributed by atoms with Crippen LogP contribution in [-0.2, 0) is 9.59 Å². The zero-order chi connectivity index (χ0) is 18.9. The summed E-state index contributed by atoms with van der Waals surface area (Å²) in [5.74, 6) is 1.25. The number of thioether (sulfide) groups is 1. The summed E-state index contributed by atoms with van der Waals surface area (Å²) in [7, 11) is 0. The third-order valence-corrected chi connectivity index (χ3v) is 5.22. The van der Waals surface area contributed by atoms with E-state index in [1.54, 1.807) is 0 Å².